The predicted molar refractivity (Wildman–Crippen MR) is 69.1 cm³/mol. The van der Waals surface area contributed by atoms with Crippen molar-refractivity contribution in [2.45, 2.75) is 20.3 Å². The van der Waals surface area contributed by atoms with Gasteiger partial charge in [0.15, 0.2) is 0 Å². The molecule has 0 nitrogen and oxygen atoms in total. The van der Waals surface area contributed by atoms with Gasteiger partial charge in [0.25, 0.3) is 0 Å². The summed E-state index contributed by atoms with van der Waals surface area (Å²) in [6, 6.07) is 10.6. The van der Waals surface area contributed by atoms with Crippen LogP contribution < -0.4 is 0 Å². The van der Waals surface area contributed by atoms with Gasteiger partial charge < -0.3 is 0 Å². The van der Waals surface area contributed by atoms with Gasteiger partial charge in [-0.05, 0) is 31.4 Å². The van der Waals surface area contributed by atoms with Gasteiger partial charge in [-0.3, -0.25) is 0 Å². The second-order valence-corrected chi connectivity index (χ2v) is 7.53. The summed E-state index contributed by atoms with van der Waals surface area (Å²) in [7, 11) is 9.87. The van der Waals surface area contributed by atoms with Gasteiger partial charge in [0.2, 0.25) is 0 Å². The topological polar surface area (TPSA) is 0 Å². The first-order valence-electron chi connectivity index (χ1n) is 5.07. The summed E-state index contributed by atoms with van der Waals surface area (Å²) in [5.41, 5.74) is 5.72. The number of rotatable bonds is 1. The van der Waals surface area contributed by atoms with E-state index in [-0.39, 0.29) is 0 Å². The minimum absolute atomic E-state index is 0.826. The van der Waals surface area contributed by atoms with Crippen LogP contribution in [0.3, 0.4) is 0 Å². The summed E-state index contributed by atoms with van der Waals surface area (Å²) in [5.74, 6) is 0. The Morgan fingerprint density at radius 1 is 1.06 bits per heavy atom. The molecule has 0 aliphatic heterocycles. The van der Waals surface area contributed by atoms with Gasteiger partial charge in [-0.15, -0.1) is 0 Å². The molecule has 0 amide bonds. The number of benzene rings is 1. The van der Waals surface area contributed by atoms with Crippen molar-refractivity contribution in [3.8, 4) is 0 Å². The zero-order chi connectivity index (χ0) is 12.0. The average molecular weight is 332 g/mol. The minimum atomic E-state index is -0.826. The quantitative estimate of drug-likeness (QED) is 0.664. The fraction of sp³-hybridized carbons (Fsp3) is 0.231. The van der Waals surface area contributed by atoms with Crippen LogP contribution >= 0.6 is 17.0 Å². The van der Waals surface area contributed by atoms with Gasteiger partial charge in [-0.1, -0.05) is 47.6 Å². The molecule has 0 heterocycles. The monoisotopic (exact) mass is 330 g/mol. The van der Waals surface area contributed by atoms with Crippen LogP contribution in [0.1, 0.15) is 25.8 Å². The first kappa shape index (κ1) is 14.2. The van der Waals surface area contributed by atoms with Crippen LogP contribution in [-0.2, 0) is 20.8 Å². The molecule has 1 aliphatic rings. The van der Waals surface area contributed by atoms with Gasteiger partial charge in [0.05, 0.1) is 0 Å². The maximum atomic E-state index is 4.93. The molecule has 0 unspecified atom stereocenters. The zero-order valence-electron chi connectivity index (χ0n) is 9.43. The summed E-state index contributed by atoms with van der Waals surface area (Å²) < 4.78 is 0. The number of allylic oxidation sites excluding steroid dienone is 4. The third kappa shape index (κ3) is 4.20. The Morgan fingerprint density at radius 2 is 1.62 bits per heavy atom. The third-order valence-electron chi connectivity index (χ3n) is 2.48. The van der Waals surface area contributed by atoms with Crippen LogP contribution in [0.5, 0.6) is 0 Å². The van der Waals surface area contributed by atoms with Crippen molar-refractivity contribution in [2.24, 2.45) is 0 Å². The van der Waals surface area contributed by atoms with Gasteiger partial charge in [0, 0.05) is 0 Å². The molecule has 0 spiro atoms. The van der Waals surface area contributed by atoms with E-state index < -0.39 is 20.8 Å². The van der Waals surface area contributed by atoms with Crippen LogP contribution in [0.15, 0.2) is 47.6 Å². The van der Waals surface area contributed by atoms with E-state index in [2.05, 4.69) is 50.3 Å². The van der Waals surface area contributed by atoms with E-state index >= 15 is 0 Å². The van der Waals surface area contributed by atoms with E-state index in [1.54, 1.807) is 0 Å². The molecule has 0 bridgehead atoms. The Morgan fingerprint density at radius 3 is 2.06 bits per heavy atom. The molecule has 1 aromatic rings. The van der Waals surface area contributed by atoms with Crippen molar-refractivity contribution in [3.05, 3.63) is 53.1 Å². The van der Waals surface area contributed by atoms with Crippen LogP contribution in [0, 0.1) is 0 Å². The molecule has 0 radical (unpaired) electrons. The van der Waals surface area contributed by atoms with Gasteiger partial charge in [0.1, 0.15) is 0 Å². The molecule has 0 N–H and O–H groups in total. The first-order valence-corrected chi connectivity index (χ1v) is 11.4. The van der Waals surface area contributed by atoms with Gasteiger partial charge in [-0.2, -0.15) is 0 Å². The average Bonchev–Trinajstić information content (AvgIpc) is 2.60. The number of hydrogen-bond acceptors (Lipinski definition) is 0. The Hall–Kier alpha value is 0.163. The molecule has 84 valence electrons. The molecular weight excluding hydrogens is 318 g/mol. The molecule has 0 saturated carbocycles. The normalized spacial score (nSPS) is 14.1. The Bertz CT molecular complexity index is 394. The standard InChI is InChI=1S/C13H14.2ClH.Zr/c1-10-8-11(2)13(9-10)12-6-4-3-5-7-12;;;/h3-7,9H,8H2,1-2H3;2*1H;/q;;;+2/p-2. The summed E-state index contributed by atoms with van der Waals surface area (Å²) in [5, 5.41) is 0. The van der Waals surface area contributed by atoms with Crippen molar-refractivity contribution < 1.29 is 20.8 Å². The third-order valence-corrected chi connectivity index (χ3v) is 2.48. The molecule has 0 saturated heterocycles. The second-order valence-electron chi connectivity index (χ2n) is 3.80. The SMILES string of the molecule is CC1=CC(c2ccccc2)=C(C)C1.[Cl][Zr][Cl]. The van der Waals surface area contributed by atoms with Crippen LogP contribution in [-0.4, -0.2) is 0 Å². The zero-order valence-corrected chi connectivity index (χ0v) is 13.4. The Kier molecular flexibility index (Phi) is 6.65. The number of hydrogen-bond donors (Lipinski definition) is 0. The van der Waals surface area contributed by atoms with Crippen LogP contribution in [0.25, 0.3) is 5.57 Å². The molecule has 0 aromatic heterocycles. The molecule has 3 heteroatoms. The Labute approximate surface area is 116 Å². The van der Waals surface area contributed by atoms with Crippen molar-refractivity contribution in [3.63, 3.8) is 0 Å². The van der Waals surface area contributed by atoms with E-state index in [0.717, 1.165) is 6.42 Å². The van der Waals surface area contributed by atoms with Crippen LogP contribution in [0.2, 0.25) is 0 Å². The fourth-order valence-electron chi connectivity index (χ4n) is 1.88. The predicted octanol–water partition coefficient (Wildman–Crippen LogP) is 5.19. The van der Waals surface area contributed by atoms with Crippen LogP contribution in [0.4, 0.5) is 0 Å². The molecular formula is C13H14Cl2Zr. The van der Waals surface area contributed by atoms with E-state index in [1.807, 2.05) is 0 Å². The van der Waals surface area contributed by atoms with E-state index in [0.29, 0.717) is 0 Å². The second kappa shape index (κ2) is 7.48. The molecule has 0 atom stereocenters. The van der Waals surface area contributed by atoms with E-state index in [1.165, 1.54) is 22.3 Å². The maximum absolute atomic E-state index is 4.93. The van der Waals surface area contributed by atoms with Gasteiger partial charge in [-0.25, -0.2) is 0 Å². The molecule has 1 aromatic carbocycles. The molecule has 2 rings (SSSR count). The van der Waals surface area contributed by atoms with Crippen molar-refractivity contribution in [2.75, 3.05) is 0 Å². The van der Waals surface area contributed by atoms with Crippen molar-refractivity contribution in [1.82, 2.24) is 0 Å². The molecule has 1 aliphatic carbocycles. The fourth-order valence-corrected chi connectivity index (χ4v) is 1.88. The first-order chi connectivity index (χ1) is 7.69. The van der Waals surface area contributed by atoms with E-state index in [9.17, 15) is 0 Å². The summed E-state index contributed by atoms with van der Waals surface area (Å²) in [6.07, 6.45) is 3.44. The number of halogens is 2. The van der Waals surface area contributed by atoms with Crippen molar-refractivity contribution in [1.29, 1.82) is 0 Å². The van der Waals surface area contributed by atoms with E-state index in [4.69, 9.17) is 17.0 Å². The van der Waals surface area contributed by atoms with Gasteiger partial charge >= 0.3 is 37.9 Å². The molecule has 0 fully saturated rings. The Balaban J connectivity index is 0.000000386. The van der Waals surface area contributed by atoms with Crippen molar-refractivity contribution >= 4 is 22.6 Å². The summed E-state index contributed by atoms with van der Waals surface area (Å²) in [4.78, 5) is 0. The summed E-state index contributed by atoms with van der Waals surface area (Å²) in [6.45, 7) is 4.41. The summed E-state index contributed by atoms with van der Waals surface area (Å²) >= 11 is -0.826. The molecule has 16 heavy (non-hydrogen) atoms.